The monoisotopic (exact) mass is 808 g/mol. The number of esters is 1. The first-order valence-electron chi connectivity index (χ1n) is 25.8. The van der Waals surface area contributed by atoms with Crippen LogP contribution in [0, 0.1) is 0 Å². The summed E-state index contributed by atoms with van der Waals surface area (Å²) >= 11 is 0. The van der Waals surface area contributed by atoms with Crippen molar-refractivity contribution in [3.8, 4) is 0 Å². The minimum atomic E-state index is -0.778. The number of hydrogen-bond acceptors (Lipinski definition) is 5. The first-order valence-corrected chi connectivity index (χ1v) is 25.8. The summed E-state index contributed by atoms with van der Waals surface area (Å²) in [5.74, 6) is -0.453. The number of amides is 1. The number of rotatable bonds is 47. The molecule has 1 amide bonds. The van der Waals surface area contributed by atoms with Crippen LogP contribution in [0.2, 0.25) is 0 Å². The second kappa shape index (κ2) is 45.9. The molecule has 0 aliphatic rings. The van der Waals surface area contributed by atoms with Crippen molar-refractivity contribution < 1.29 is 24.5 Å². The van der Waals surface area contributed by atoms with E-state index in [1.165, 1.54) is 205 Å². The zero-order valence-corrected chi connectivity index (χ0v) is 38.8. The van der Waals surface area contributed by atoms with Gasteiger partial charge in [0.2, 0.25) is 5.91 Å². The lowest BCUT2D eigenvalue weighted by Crippen LogP contribution is -2.46. The van der Waals surface area contributed by atoms with E-state index in [2.05, 4.69) is 26.1 Å². The van der Waals surface area contributed by atoms with Crippen molar-refractivity contribution in [3.05, 3.63) is 0 Å². The highest BCUT2D eigenvalue weighted by Crippen LogP contribution is 2.19. The molecule has 0 saturated carbocycles. The topological polar surface area (TPSA) is 95.9 Å². The Balaban J connectivity index is 4.44. The van der Waals surface area contributed by atoms with E-state index in [9.17, 15) is 19.8 Å². The van der Waals surface area contributed by atoms with Crippen LogP contribution in [0.15, 0.2) is 0 Å². The Morgan fingerprint density at radius 2 is 0.737 bits per heavy atom. The molecule has 0 spiro atoms. The molecule has 3 N–H and O–H groups in total. The molecule has 0 aromatic rings. The maximum absolute atomic E-state index is 13.2. The van der Waals surface area contributed by atoms with E-state index < -0.39 is 18.2 Å². The van der Waals surface area contributed by atoms with Crippen LogP contribution in [0.4, 0.5) is 0 Å². The predicted octanol–water partition coefficient (Wildman–Crippen LogP) is 15.2. The van der Waals surface area contributed by atoms with Gasteiger partial charge in [0, 0.05) is 6.42 Å². The molecule has 0 saturated heterocycles. The minimum Gasteiger partial charge on any atom is -0.462 e. The van der Waals surface area contributed by atoms with Gasteiger partial charge < -0.3 is 20.3 Å². The number of carbonyl (C=O) groups is 2. The third-order valence-corrected chi connectivity index (χ3v) is 12.2. The molecule has 0 aliphatic carbocycles. The van der Waals surface area contributed by atoms with Gasteiger partial charge in [-0.15, -0.1) is 0 Å². The van der Waals surface area contributed by atoms with E-state index >= 15 is 0 Å². The van der Waals surface area contributed by atoms with Crippen LogP contribution >= 0.6 is 0 Å². The van der Waals surface area contributed by atoms with Gasteiger partial charge in [0.15, 0.2) is 0 Å². The van der Waals surface area contributed by atoms with Crippen molar-refractivity contribution in [1.82, 2.24) is 5.32 Å². The molecule has 0 radical (unpaired) electrons. The minimum absolute atomic E-state index is 0.0873. The number of hydrogen-bond donors (Lipinski definition) is 3. The van der Waals surface area contributed by atoms with E-state index in [1.807, 2.05) is 0 Å². The lowest BCUT2D eigenvalue weighted by atomic mass is 10.0. The number of carbonyl (C=O) groups excluding carboxylic acids is 2. The Kier molecular flexibility index (Phi) is 45.0. The molecule has 340 valence electrons. The molecule has 0 rings (SSSR count). The molecule has 3 unspecified atom stereocenters. The first-order chi connectivity index (χ1) is 28.0. The lowest BCUT2D eigenvalue weighted by molar-refractivity contribution is -0.151. The number of ether oxygens (including phenoxy) is 1. The standard InChI is InChI=1S/C51H101NO5/c1-4-7-10-13-16-19-22-24-25-26-27-29-32-35-38-41-44-51(56)57-47(42-39-36-33-30-21-18-15-12-9-6-3)45-50(55)52-48(46-53)49(54)43-40-37-34-31-28-23-20-17-14-11-8-5-2/h47-49,53-54H,4-46H2,1-3H3,(H,52,55). The largest absolute Gasteiger partial charge is 0.462 e. The summed E-state index contributed by atoms with van der Waals surface area (Å²) in [4.78, 5) is 26.1. The molecule has 0 bridgehead atoms. The fraction of sp³-hybridized carbons (Fsp3) is 0.961. The first kappa shape index (κ1) is 55.9. The van der Waals surface area contributed by atoms with Gasteiger partial charge >= 0.3 is 5.97 Å². The predicted molar refractivity (Wildman–Crippen MR) is 246 cm³/mol. The summed E-state index contributed by atoms with van der Waals surface area (Å²) in [6, 6.07) is -0.691. The fourth-order valence-corrected chi connectivity index (χ4v) is 8.26. The Hall–Kier alpha value is -1.14. The molecule has 0 aliphatic heterocycles. The lowest BCUT2D eigenvalue weighted by Gasteiger charge is -2.24. The van der Waals surface area contributed by atoms with Crippen molar-refractivity contribution in [3.63, 3.8) is 0 Å². The van der Waals surface area contributed by atoms with E-state index in [0.717, 1.165) is 38.5 Å². The van der Waals surface area contributed by atoms with Crippen molar-refractivity contribution in [2.24, 2.45) is 0 Å². The molecule has 6 nitrogen and oxygen atoms in total. The van der Waals surface area contributed by atoms with Crippen molar-refractivity contribution in [2.75, 3.05) is 6.61 Å². The van der Waals surface area contributed by atoms with Gasteiger partial charge in [-0.3, -0.25) is 9.59 Å². The quantitative estimate of drug-likeness (QED) is 0.0420. The summed E-state index contributed by atoms with van der Waals surface area (Å²) in [6.45, 7) is 6.50. The highest BCUT2D eigenvalue weighted by Gasteiger charge is 2.24. The number of unbranched alkanes of at least 4 members (excludes halogenated alkanes) is 35. The van der Waals surface area contributed by atoms with Crippen LogP contribution in [-0.4, -0.2) is 46.9 Å². The Morgan fingerprint density at radius 1 is 0.439 bits per heavy atom. The zero-order chi connectivity index (χ0) is 41.7. The number of aliphatic hydroxyl groups is 2. The van der Waals surface area contributed by atoms with Crippen molar-refractivity contribution in [1.29, 1.82) is 0 Å². The fourth-order valence-electron chi connectivity index (χ4n) is 8.26. The smallest absolute Gasteiger partial charge is 0.306 e. The highest BCUT2D eigenvalue weighted by molar-refractivity contribution is 5.77. The molecule has 0 fully saturated rings. The zero-order valence-electron chi connectivity index (χ0n) is 38.8. The number of aliphatic hydroxyl groups excluding tert-OH is 2. The van der Waals surface area contributed by atoms with Crippen molar-refractivity contribution in [2.45, 2.75) is 309 Å². The third kappa shape index (κ3) is 41.4. The van der Waals surface area contributed by atoms with Gasteiger partial charge in [0.05, 0.1) is 25.2 Å². The normalized spacial score (nSPS) is 13.1. The van der Waals surface area contributed by atoms with Gasteiger partial charge in [-0.05, 0) is 25.7 Å². The Morgan fingerprint density at radius 3 is 1.07 bits per heavy atom. The van der Waals surface area contributed by atoms with Crippen molar-refractivity contribution >= 4 is 11.9 Å². The molecule has 6 heteroatoms. The summed E-state index contributed by atoms with van der Waals surface area (Å²) in [7, 11) is 0. The average Bonchev–Trinajstić information content (AvgIpc) is 3.20. The van der Waals surface area contributed by atoms with Gasteiger partial charge in [0.1, 0.15) is 6.10 Å². The Bertz CT molecular complexity index is 821. The molecular formula is C51H101NO5. The summed E-state index contributed by atoms with van der Waals surface area (Å²) in [5, 5.41) is 23.7. The highest BCUT2D eigenvalue weighted by atomic mass is 16.5. The molecule has 0 heterocycles. The molecule has 0 aromatic heterocycles. The van der Waals surface area contributed by atoms with Crippen LogP contribution in [0.25, 0.3) is 0 Å². The second-order valence-electron chi connectivity index (χ2n) is 17.9. The summed E-state index contributed by atoms with van der Waals surface area (Å²) < 4.78 is 5.93. The Labute approximate surface area is 356 Å². The maximum Gasteiger partial charge on any atom is 0.306 e. The number of nitrogens with one attached hydrogen (secondary N) is 1. The van der Waals surface area contributed by atoms with E-state index in [4.69, 9.17) is 4.74 Å². The van der Waals surface area contributed by atoms with Gasteiger partial charge in [-0.25, -0.2) is 0 Å². The van der Waals surface area contributed by atoms with Crippen LogP contribution in [0.5, 0.6) is 0 Å². The molecule has 57 heavy (non-hydrogen) atoms. The van der Waals surface area contributed by atoms with Crippen LogP contribution in [0.3, 0.4) is 0 Å². The second-order valence-corrected chi connectivity index (χ2v) is 17.9. The SMILES string of the molecule is CCCCCCCCCCCCCCCCCCC(=O)OC(CCCCCCCCCCCC)CC(=O)NC(CO)C(O)CCCCCCCCCCCCCC. The van der Waals surface area contributed by atoms with Crippen LogP contribution < -0.4 is 5.32 Å². The van der Waals surface area contributed by atoms with E-state index in [0.29, 0.717) is 19.3 Å². The molecule has 3 atom stereocenters. The van der Waals surface area contributed by atoms with Crippen LogP contribution in [0.1, 0.15) is 290 Å². The third-order valence-electron chi connectivity index (χ3n) is 12.2. The van der Waals surface area contributed by atoms with Gasteiger partial charge in [-0.2, -0.15) is 0 Å². The van der Waals surface area contributed by atoms with E-state index in [-0.39, 0.29) is 24.9 Å². The van der Waals surface area contributed by atoms with Gasteiger partial charge in [-0.1, -0.05) is 252 Å². The molecule has 0 aromatic carbocycles. The van der Waals surface area contributed by atoms with Crippen LogP contribution in [-0.2, 0) is 14.3 Å². The summed E-state index contributed by atoms with van der Waals surface area (Å²) in [5.41, 5.74) is 0. The average molecular weight is 808 g/mol. The summed E-state index contributed by atoms with van der Waals surface area (Å²) in [6.07, 6.45) is 48.8. The van der Waals surface area contributed by atoms with E-state index in [1.54, 1.807) is 0 Å². The van der Waals surface area contributed by atoms with Gasteiger partial charge in [0.25, 0.3) is 0 Å². The maximum atomic E-state index is 13.2. The molecular weight excluding hydrogens is 707 g/mol.